The van der Waals surface area contributed by atoms with E-state index in [-0.39, 0.29) is 17.9 Å². The van der Waals surface area contributed by atoms with E-state index in [2.05, 4.69) is 0 Å². The van der Waals surface area contributed by atoms with Gasteiger partial charge in [0.1, 0.15) is 0 Å². The Balaban J connectivity index is 2.33. The van der Waals surface area contributed by atoms with E-state index in [1.807, 2.05) is 0 Å². The van der Waals surface area contributed by atoms with Crippen LogP contribution in [0.2, 0.25) is 0 Å². The lowest BCUT2D eigenvalue weighted by Gasteiger charge is -2.37. The first kappa shape index (κ1) is 17.3. The summed E-state index contributed by atoms with van der Waals surface area (Å²) in [7, 11) is -2.04. The van der Waals surface area contributed by atoms with Gasteiger partial charge in [0.05, 0.1) is 24.0 Å². The molecule has 2 rings (SSSR count). The second-order valence-electron chi connectivity index (χ2n) is 5.58. The normalized spacial score (nSPS) is 21.7. The van der Waals surface area contributed by atoms with Crippen molar-refractivity contribution in [1.82, 2.24) is 4.90 Å². The lowest BCUT2D eigenvalue weighted by atomic mass is 9.87. The van der Waals surface area contributed by atoms with Crippen molar-refractivity contribution >= 4 is 21.9 Å². The van der Waals surface area contributed by atoms with Gasteiger partial charge in [0.15, 0.2) is 9.84 Å². The Morgan fingerprint density at radius 3 is 2.35 bits per heavy atom. The van der Waals surface area contributed by atoms with Crippen molar-refractivity contribution in [2.75, 3.05) is 19.9 Å². The van der Waals surface area contributed by atoms with Gasteiger partial charge in [-0.05, 0) is 30.5 Å². The molecule has 0 saturated carbocycles. The Morgan fingerprint density at radius 2 is 1.87 bits per heavy atom. The highest BCUT2D eigenvalue weighted by Crippen LogP contribution is 2.35. The summed E-state index contributed by atoms with van der Waals surface area (Å²) < 4.78 is 27.8. The molecule has 8 heteroatoms. The molecule has 126 valence electrons. The number of carboxylic acid groups (broad SMARTS) is 1. The molecule has 0 spiro atoms. The minimum absolute atomic E-state index is 0.177. The monoisotopic (exact) mass is 341 g/mol. The molecule has 1 N–H and O–H groups in total. The number of likely N-dealkylation sites (tertiary alicyclic amines) is 1. The van der Waals surface area contributed by atoms with Gasteiger partial charge in [-0.25, -0.2) is 13.2 Å². The first-order valence-corrected chi connectivity index (χ1v) is 9.00. The molecule has 1 aliphatic heterocycles. The lowest BCUT2D eigenvalue weighted by Crippen LogP contribution is -2.42. The SMILES string of the molecule is COC(=O)N1CCC(C(=O)O)CC1c1ccc(S(C)(=O)=O)cc1. The van der Waals surface area contributed by atoms with Crippen LogP contribution in [0.1, 0.15) is 24.4 Å². The van der Waals surface area contributed by atoms with Gasteiger partial charge >= 0.3 is 12.1 Å². The van der Waals surface area contributed by atoms with Crippen LogP contribution in [0.4, 0.5) is 4.79 Å². The molecule has 1 aromatic carbocycles. The number of amides is 1. The van der Waals surface area contributed by atoms with Gasteiger partial charge in [-0.2, -0.15) is 0 Å². The van der Waals surface area contributed by atoms with Crippen LogP contribution in [0.15, 0.2) is 29.2 Å². The number of carboxylic acids is 1. The molecule has 0 radical (unpaired) electrons. The Bertz CT molecular complexity index is 697. The maximum Gasteiger partial charge on any atom is 0.409 e. The predicted molar refractivity (Wildman–Crippen MR) is 81.8 cm³/mol. The van der Waals surface area contributed by atoms with Gasteiger partial charge in [-0.1, -0.05) is 12.1 Å². The summed E-state index contributed by atoms with van der Waals surface area (Å²) in [6.45, 7) is 0.280. The maximum absolute atomic E-state index is 11.9. The van der Waals surface area contributed by atoms with Gasteiger partial charge in [-0.3, -0.25) is 4.79 Å². The average Bonchev–Trinajstić information content (AvgIpc) is 2.52. The molecule has 1 heterocycles. The van der Waals surface area contributed by atoms with Gasteiger partial charge in [0.25, 0.3) is 0 Å². The summed E-state index contributed by atoms with van der Waals surface area (Å²) in [4.78, 5) is 24.8. The standard InChI is InChI=1S/C15H19NO6S/c1-22-15(19)16-8-7-11(14(17)18)9-13(16)10-3-5-12(6-4-10)23(2,20)21/h3-6,11,13H,7-9H2,1-2H3,(H,17,18). The van der Waals surface area contributed by atoms with Crippen molar-refractivity contribution in [3.63, 3.8) is 0 Å². The van der Waals surface area contributed by atoms with E-state index in [9.17, 15) is 23.1 Å². The summed E-state index contributed by atoms with van der Waals surface area (Å²) in [6.07, 6.45) is 1.22. The van der Waals surface area contributed by atoms with E-state index in [1.165, 1.54) is 24.1 Å². The van der Waals surface area contributed by atoms with Crippen LogP contribution in [0.3, 0.4) is 0 Å². The largest absolute Gasteiger partial charge is 0.481 e. The zero-order chi connectivity index (χ0) is 17.2. The molecule has 2 unspecified atom stereocenters. The first-order chi connectivity index (χ1) is 10.7. The molecule has 0 aliphatic carbocycles. The zero-order valence-corrected chi connectivity index (χ0v) is 13.7. The Morgan fingerprint density at radius 1 is 1.26 bits per heavy atom. The van der Waals surface area contributed by atoms with E-state index in [1.54, 1.807) is 12.1 Å². The van der Waals surface area contributed by atoms with Crippen LogP contribution >= 0.6 is 0 Å². The number of nitrogens with zero attached hydrogens (tertiary/aromatic N) is 1. The fourth-order valence-electron chi connectivity index (χ4n) is 2.78. The van der Waals surface area contributed by atoms with Crippen LogP contribution in [0, 0.1) is 5.92 Å². The number of rotatable bonds is 3. The summed E-state index contributed by atoms with van der Waals surface area (Å²) in [5.41, 5.74) is 0.689. The molecule has 1 fully saturated rings. The molecule has 1 amide bonds. The van der Waals surface area contributed by atoms with Gasteiger partial charge in [-0.15, -0.1) is 0 Å². The van der Waals surface area contributed by atoms with Crippen molar-refractivity contribution in [2.24, 2.45) is 5.92 Å². The van der Waals surface area contributed by atoms with Crippen LogP contribution in [-0.4, -0.2) is 50.4 Å². The molecule has 1 aliphatic rings. The summed E-state index contributed by atoms with van der Waals surface area (Å²) in [5.74, 6) is -1.44. The van der Waals surface area contributed by atoms with E-state index in [4.69, 9.17) is 4.74 Å². The molecule has 7 nitrogen and oxygen atoms in total. The van der Waals surface area contributed by atoms with Gasteiger partial charge < -0.3 is 14.7 Å². The maximum atomic E-state index is 11.9. The fourth-order valence-corrected chi connectivity index (χ4v) is 3.41. The Kier molecular flexibility index (Phi) is 4.93. The number of benzene rings is 1. The molecular weight excluding hydrogens is 322 g/mol. The topological polar surface area (TPSA) is 101 Å². The Labute approximate surface area is 134 Å². The summed E-state index contributed by atoms with van der Waals surface area (Å²) >= 11 is 0. The molecular formula is C15H19NO6S. The minimum atomic E-state index is -3.31. The van der Waals surface area contributed by atoms with Crippen molar-refractivity contribution in [1.29, 1.82) is 0 Å². The second-order valence-corrected chi connectivity index (χ2v) is 7.60. The number of aliphatic carboxylic acids is 1. The zero-order valence-electron chi connectivity index (χ0n) is 12.9. The summed E-state index contributed by atoms with van der Waals surface area (Å²) in [5, 5.41) is 9.22. The molecule has 0 bridgehead atoms. The van der Waals surface area contributed by atoms with E-state index in [0.717, 1.165) is 6.26 Å². The van der Waals surface area contributed by atoms with Crippen molar-refractivity contribution in [2.45, 2.75) is 23.8 Å². The van der Waals surface area contributed by atoms with E-state index < -0.39 is 33.9 Å². The number of carbonyl (C=O) groups is 2. The van der Waals surface area contributed by atoms with E-state index in [0.29, 0.717) is 12.0 Å². The number of carbonyl (C=O) groups excluding carboxylic acids is 1. The quantitative estimate of drug-likeness (QED) is 0.898. The highest BCUT2D eigenvalue weighted by Gasteiger charge is 2.36. The average molecular weight is 341 g/mol. The molecule has 23 heavy (non-hydrogen) atoms. The molecule has 0 aromatic heterocycles. The number of hydrogen-bond acceptors (Lipinski definition) is 5. The lowest BCUT2D eigenvalue weighted by molar-refractivity contribution is -0.144. The smallest absolute Gasteiger partial charge is 0.409 e. The second kappa shape index (κ2) is 6.57. The molecule has 1 aromatic rings. The molecule has 1 saturated heterocycles. The summed E-state index contributed by atoms with van der Waals surface area (Å²) in [6, 6.07) is 5.70. The van der Waals surface area contributed by atoms with Crippen molar-refractivity contribution in [3.05, 3.63) is 29.8 Å². The third kappa shape index (κ3) is 3.82. The third-order valence-corrected chi connectivity index (χ3v) is 5.18. The van der Waals surface area contributed by atoms with Crippen LogP contribution in [-0.2, 0) is 19.4 Å². The number of ether oxygens (including phenoxy) is 1. The van der Waals surface area contributed by atoms with Crippen LogP contribution in [0.5, 0.6) is 0 Å². The van der Waals surface area contributed by atoms with Crippen LogP contribution < -0.4 is 0 Å². The van der Waals surface area contributed by atoms with E-state index >= 15 is 0 Å². The fraction of sp³-hybridized carbons (Fsp3) is 0.467. The highest BCUT2D eigenvalue weighted by molar-refractivity contribution is 7.90. The third-order valence-electron chi connectivity index (χ3n) is 4.05. The minimum Gasteiger partial charge on any atom is -0.481 e. The number of piperidine rings is 1. The number of methoxy groups -OCH3 is 1. The van der Waals surface area contributed by atoms with Crippen molar-refractivity contribution < 1.29 is 27.9 Å². The highest BCUT2D eigenvalue weighted by atomic mass is 32.2. The molecule has 2 atom stereocenters. The predicted octanol–water partition coefficient (Wildman–Crippen LogP) is 1.69. The van der Waals surface area contributed by atoms with Gasteiger partial charge in [0, 0.05) is 12.8 Å². The number of sulfone groups is 1. The van der Waals surface area contributed by atoms with Gasteiger partial charge in [0.2, 0.25) is 0 Å². The van der Waals surface area contributed by atoms with Crippen molar-refractivity contribution in [3.8, 4) is 0 Å². The first-order valence-electron chi connectivity index (χ1n) is 7.11. The van der Waals surface area contributed by atoms with Crippen LogP contribution in [0.25, 0.3) is 0 Å². The Hall–Kier alpha value is -2.09. The number of hydrogen-bond donors (Lipinski definition) is 1.